The number of carbonyl (C=O) groups excluding carboxylic acids is 2. The van der Waals surface area contributed by atoms with Crippen LogP contribution in [0.25, 0.3) is 11.1 Å². The predicted octanol–water partition coefficient (Wildman–Crippen LogP) is 5.69. The maximum Gasteiger partial charge on any atom is 0.326 e. The Morgan fingerprint density at radius 1 is 0.719 bits per heavy atom. The first kappa shape index (κ1) is 21.0. The number of halogens is 1. The van der Waals surface area contributed by atoms with Crippen LogP contribution in [-0.2, 0) is 0 Å². The molecule has 1 heterocycles. The molecule has 158 valence electrons. The summed E-state index contributed by atoms with van der Waals surface area (Å²) in [4.78, 5) is 32.8. The second-order valence-corrected chi connectivity index (χ2v) is 7.11. The van der Waals surface area contributed by atoms with Gasteiger partial charge in [-0.25, -0.2) is 14.8 Å². The molecule has 32 heavy (non-hydrogen) atoms. The van der Waals surface area contributed by atoms with E-state index in [0.717, 1.165) is 11.1 Å². The summed E-state index contributed by atoms with van der Waals surface area (Å²) in [5.74, 6) is -0.128. The standard InChI is InChI=1S/C24H18ClN5O2/c25-21-14-15-26-23(29-21)30-24(32)28-18-12-10-17(11-13-18)27-22(31)20-9-5-4-8-19(20)16-6-2-1-3-7-16/h1-15H,(H,27,31)(H2,26,28,29,30,32). The Balaban J connectivity index is 1.41. The summed E-state index contributed by atoms with van der Waals surface area (Å²) in [6.45, 7) is 0. The number of hydrogen-bond donors (Lipinski definition) is 3. The second-order valence-electron chi connectivity index (χ2n) is 6.73. The van der Waals surface area contributed by atoms with Crippen LogP contribution in [0.3, 0.4) is 0 Å². The van der Waals surface area contributed by atoms with Crippen LogP contribution in [0.5, 0.6) is 0 Å². The van der Waals surface area contributed by atoms with Gasteiger partial charge in [-0.15, -0.1) is 0 Å². The van der Waals surface area contributed by atoms with Crippen molar-refractivity contribution in [2.24, 2.45) is 0 Å². The molecule has 7 nitrogen and oxygen atoms in total. The van der Waals surface area contributed by atoms with Gasteiger partial charge in [-0.3, -0.25) is 10.1 Å². The Morgan fingerprint density at radius 2 is 1.38 bits per heavy atom. The summed E-state index contributed by atoms with van der Waals surface area (Å²) in [5, 5.41) is 8.28. The maximum atomic E-state index is 12.9. The fourth-order valence-electron chi connectivity index (χ4n) is 3.05. The highest BCUT2D eigenvalue weighted by Gasteiger charge is 2.13. The molecule has 0 saturated heterocycles. The molecule has 0 saturated carbocycles. The number of anilines is 3. The number of nitrogens with zero attached hydrogens (tertiary/aromatic N) is 2. The zero-order valence-corrected chi connectivity index (χ0v) is 17.5. The minimum absolute atomic E-state index is 0.0935. The minimum atomic E-state index is -0.513. The summed E-state index contributed by atoms with van der Waals surface area (Å²) < 4.78 is 0. The smallest absolute Gasteiger partial charge is 0.322 e. The van der Waals surface area contributed by atoms with E-state index < -0.39 is 6.03 Å². The van der Waals surface area contributed by atoms with Crippen LogP contribution in [0.2, 0.25) is 5.15 Å². The summed E-state index contributed by atoms with van der Waals surface area (Å²) in [6.07, 6.45) is 1.44. The lowest BCUT2D eigenvalue weighted by atomic mass is 9.99. The predicted molar refractivity (Wildman–Crippen MR) is 126 cm³/mol. The van der Waals surface area contributed by atoms with Crippen molar-refractivity contribution in [1.82, 2.24) is 9.97 Å². The Labute approximate surface area is 189 Å². The summed E-state index contributed by atoms with van der Waals surface area (Å²) in [6, 6.07) is 24.9. The molecule has 3 aromatic carbocycles. The normalized spacial score (nSPS) is 10.3. The number of benzene rings is 3. The Kier molecular flexibility index (Phi) is 6.38. The van der Waals surface area contributed by atoms with Crippen molar-refractivity contribution in [3.8, 4) is 11.1 Å². The quantitative estimate of drug-likeness (QED) is 0.345. The van der Waals surface area contributed by atoms with Crippen molar-refractivity contribution in [3.05, 3.63) is 102 Å². The van der Waals surface area contributed by atoms with Crippen LogP contribution < -0.4 is 16.0 Å². The van der Waals surface area contributed by atoms with Gasteiger partial charge in [0.25, 0.3) is 5.91 Å². The van der Waals surface area contributed by atoms with Crippen molar-refractivity contribution in [2.75, 3.05) is 16.0 Å². The molecule has 4 rings (SSSR count). The molecule has 0 aliphatic carbocycles. The first-order valence-corrected chi connectivity index (χ1v) is 10.1. The number of carbonyl (C=O) groups is 2. The molecule has 1 aromatic heterocycles. The lowest BCUT2D eigenvalue weighted by molar-refractivity contribution is 0.102. The molecule has 3 amide bonds. The number of rotatable bonds is 5. The number of urea groups is 1. The van der Waals surface area contributed by atoms with Gasteiger partial charge in [0.1, 0.15) is 5.15 Å². The third-order valence-electron chi connectivity index (χ3n) is 4.50. The average molecular weight is 444 g/mol. The molecule has 0 unspecified atom stereocenters. The molecule has 3 N–H and O–H groups in total. The maximum absolute atomic E-state index is 12.9. The average Bonchev–Trinajstić information content (AvgIpc) is 2.81. The SMILES string of the molecule is O=C(Nc1ccc(NC(=O)c2ccccc2-c2ccccc2)cc1)Nc1nccc(Cl)n1. The molecular formula is C24H18ClN5O2. The highest BCUT2D eigenvalue weighted by Crippen LogP contribution is 2.24. The van der Waals surface area contributed by atoms with E-state index in [9.17, 15) is 9.59 Å². The molecule has 0 fully saturated rings. The van der Waals surface area contributed by atoms with E-state index in [2.05, 4.69) is 25.9 Å². The van der Waals surface area contributed by atoms with Gasteiger partial charge < -0.3 is 10.6 Å². The summed E-state index contributed by atoms with van der Waals surface area (Å²) >= 11 is 5.78. The number of hydrogen-bond acceptors (Lipinski definition) is 4. The molecular weight excluding hydrogens is 426 g/mol. The summed E-state index contributed by atoms with van der Waals surface area (Å²) in [7, 11) is 0. The Hall–Kier alpha value is -4.23. The minimum Gasteiger partial charge on any atom is -0.322 e. The van der Waals surface area contributed by atoms with Gasteiger partial charge in [0, 0.05) is 23.1 Å². The van der Waals surface area contributed by atoms with Crippen molar-refractivity contribution < 1.29 is 9.59 Å². The van der Waals surface area contributed by atoms with Gasteiger partial charge in [-0.05, 0) is 47.5 Å². The molecule has 4 aromatic rings. The van der Waals surface area contributed by atoms with E-state index in [-0.39, 0.29) is 17.0 Å². The second kappa shape index (κ2) is 9.72. The first-order chi connectivity index (χ1) is 15.6. The van der Waals surface area contributed by atoms with Crippen molar-refractivity contribution in [2.45, 2.75) is 0 Å². The van der Waals surface area contributed by atoms with Crippen LogP contribution in [0.15, 0.2) is 91.1 Å². The van der Waals surface area contributed by atoms with Gasteiger partial charge in [0.05, 0.1) is 0 Å². The number of amides is 3. The highest BCUT2D eigenvalue weighted by atomic mass is 35.5. The van der Waals surface area contributed by atoms with Crippen LogP contribution in [0.1, 0.15) is 10.4 Å². The Bertz CT molecular complexity index is 1250. The van der Waals surface area contributed by atoms with Gasteiger partial charge >= 0.3 is 6.03 Å². The fourth-order valence-corrected chi connectivity index (χ4v) is 3.18. The van der Waals surface area contributed by atoms with E-state index in [1.165, 1.54) is 12.3 Å². The van der Waals surface area contributed by atoms with Gasteiger partial charge in [0.2, 0.25) is 5.95 Å². The van der Waals surface area contributed by atoms with E-state index >= 15 is 0 Å². The van der Waals surface area contributed by atoms with Crippen LogP contribution in [0.4, 0.5) is 22.1 Å². The van der Waals surface area contributed by atoms with E-state index in [4.69, 9.17) is 11.6 Å². The first-order valence-electron chi connectivity index (χ1n) is 9.71. The lowest BCUT2D eigenvalue weighted by Crippen LogP contribution is -2.20. The number of aromatic nitrogens is 2. The van der Waals surface area contributed by atoms with Gasteiger partial charge in [0.15, 0.2) is 0 Å². The molecule has 0 radical (unpaired) electrons. The molecule has 0 spiro atoms. The summed E-state index contributed by atoms with van der Waals surface area (Å²) in [5.41, 5.74) is 3.52. The topological polar surface area (TPSA) is 96.0 Å². The number of nitrogens with one attached hydrogen (secondary N) is 3. The Morgan fingerprint density at radius 3 is 2.09 bits per heavy atom. The van der Waals surface area contributed by atoms with Gasteiger partial charge in [-0.1, -0.05) is 60.1 Å². The van der Waals surface area contributed by atoms with Crippen LogP contribution >= 0.6 is 11.6 Å². The third kappa shape index (κ3) is 5.27. The van der Waals surface area contributed by atoms with Crippen LogP contribution in [0, 0.1) is 0 Å². The monoisotopic (exact) mass is 443 g/mol. The zero-order chi connectivity index (χ0) is 22.3. The van der Waals surface area contributed by atoms with Gasteiger partial charge in [-0.2, -0.15) is 0 Å². The largest absolute Gasteiger partial charge is 0.326 e. The molecule has 8 heteroatoms. The van der Waals surface area contributed by atoms with E-state index in [1.54, 1.807) is 30.3 Å². The van der Waals surface area contributed by atoms with Crippen molar-refractivity contribution in [3.63, 3.8) is 0 Å². The molecule has 0 bridgehead atoms. The zero-order valence-electron chi connectivity index (χ0n) is 16.7. The van der Waals surface area contributed by atoms with Crippen LogP contribution in [-0.4, -0.2) is 21.9 Å². The molecule has 0 aliphatic heterocycles. The van der Waals surface area contributed by atoms with E-state index in [0.29, 0.717) is 16.9 Å². The fraction of sp³-hybridized carbons (Fsp3) is 0. The highest BCUT2D eigenvalue weighted by molar-refractivity contribution is 6.29. The third-order valence-corrected chi connectivity index (χ3v) is 4.71. The molecule has 0 aliphatic rings. The van der Waals surface area contributed by atoms with Crippen molar-refractivity contribution in [1.29, 1.82) is 0 Å². The van der Waals surface area contributed by atoms with E-state index in [1.807, 2.05) is 48.5 Å². The lowest BCUT2D eigenvalue weighted by Gasteiger charge is -2.11. The van der Waals surface area contributed by atoms with Crippen molar-refractivity contribution >= 4 is 40.9 Å². The molecule has 0 atom stereocenters.